The zero-order chi connectivity index (χ0) is 24.1. The second-order valence-electron chi connectivity index (χ2n) is 8.22. The van der Waals surface area contributed by atoms with Gasteiger partial charge in [0.1, 0.15) is 24.9 Å². The van der Waals surface area contributed by atoms with Gasteiger partial charge in [-0.3, -0.25) is 9.62 Å². The Kier molecular flexibility index (Phi) is 6.84. The molecule has 1 fully saturated rings. The predicted molar refractivity (Wildman–Crippen MR) is 132 cm³/mol. The number of ether oxygens (including phenoxy) is 2. The molecule has 0 bridgehead atoms. The lowest BCUT2D eigenvalue weighted by Crippen LogP contribution is -2.44. The molecule has 4 aromatic rings. The van der Waals surface area contributed by atoms with Gasteiger partial charge in [-0.25, -0.2) is 23.4 Å². The monoisotopic (exact) mass is 491 g/mol. The summed E-state index contributed by atoms with van der Waals surface area (Å²) in [5, 5.41) is 1.43. The molecule has 0 saturated carbocycles. The average molecular weight is 492 g/mol. The van der Waals surface area contributed by atoms with Crippen LogP contribution in [0.25, 0.3) is 10.8 Å². The standard InChI is InChI=1S/C25H25N5O4S/c31-35(32,29-24-9-10-26-18-28-24)22-6-7-23-20(14-22)8-11-27-25(23)34-17-21-16-30(12-13-33-21)15-19-4-2-1-3-5-19/h1-11,14,18,21H,12-13,15-17H2,(H,26,28,29). The van der Waals surface area contributed by atoms with Crippen molar-refractivity contribution in [2.75, 3.05) is 31.0 Å². The third-order valence-electron chi connectivity index (χ3n) is 5.71. The number of morpholine rings is 1. The summed E-state index contributed by atoms with van der Waals surface area (Å²) in [7, 11) is -3.81. The number of nitrogens with zero attached hydrogens (tertiary/aromatic N) is 4. The highest BCUT2D eigenvalue weighted by atomic mass is 32.2. The van der Waals surface area contributed by atoms with Crippen molar-refractivity contribution in [2.24, 2.45) is 0 Å². The normalized spacial score (nSPS) is 16.7. The maximum Gasteiger partial charge on any atom is 0.263 e. The van der Waals surface area contributed by atoms with Gasteiger partial charge >= 0.3 is 0 Å². The van der Waals surface area contributed by atoms with Gasteiger partial charge in [-0.2, -0.15) is 0 Å². The fraction of sp³-hybridized carbons (Fsp3) is 0.240. The third-order valence-corrected chi connectivity index (χ3v) is 7.06. The minimum absolute atomic E-state index is 0.0822. The van der Waals surface area contributed by atoms with Crippen molar-refractivity contribution < 1.29 is 17.9 Å². The Bertz CT molecular complexity index is 1390. The summed E-state index contributed by atoms with van der Waals surface area (Å²) in [5.74, 6) is 0.645. The molecule has 1 unspecified atom stereocenters. The van der Waals surface area contributed by atoms with E-state index in [4.69, 9.17) is 9.47 Å². The van der Waals surface area contributed by atoms with Crippen LogP contribution in [0.15, 0.2) is 84.3 Å². The molecule has 1 N–H and O–H groups in total. The smallest absolute Gasteiger partial charge is 0.263 e. The molecular formula is C25H25N5O4S. The molecule has 1 saturated heterocycles. The maximum absolute atomic E-state index is 12.8. The number of nitrogens with one attached hydrogen (secondary N) is 1. The van der Waals surface area contributed by atoms with E-state index in [1.807, 2.05) is 18.2 Å². The van der Waals surface area contributed by atoms with E-state index in [1.54, 1.807) is 24.4 Å². The Morgan fingerprint density at radius 1 is 1.06 bits per heavy atom. The van der Waals surface area contributed by atoms with Crippen LogP contribution in [-0.2, 0) is 21.3 Å². The first-order chi connectivity index (χ1) is 17.1. The summed E-state index contributed by atoms with van der Waals surface area (Å²) in [4.78, 5) is 14.5. The Hall–Kier alpha value is -3.60. The first kappa shape index (κ1) is 23.2. The zero-order valence-corrected chi connectivity index (χ0v) is 19.8. The van der Waals surface area contributed by atoms with Gasteiger partial charge < -0.3 is 9.47 Å². The van der Waals surface area contributed by atoms with Gasteiger partial charge in [0.2, 0.25) is 5.88 Å². The molecule has 0 spiro atoms. The lowest BCUT2D eigenvalue weighted by atomic mass is 10.2. The van der Waals surface area contributed by atoms with Gasteiger partial charge in [0.25, 0.3) is 10.0 Å². The molecule has 10 heteroatoms. The molecule has 1 aliphatic rings. The summed E-state index contributed by atoms with van der Waals surface area (Å²) in [5.41, 5.74) is 1.27. The molecule has 1 aliphatic heterocycles. The molecule has 2 aromatic carbocycles. The Morgan fingerprint density at radius 3 is 2.77 bits per heavy atom. The van der Waals surface area contributed by atoms with Gasteiger partial charge in [0.05, 0.1) is 11.5 Å². The van der Waals surface area contributed by atoms with Crippen molar-refractivity contribution in [3.63, 3.8) is 0 Å². The third kappa shape index (κ3) is 5.73. The van der Waals surface area contributed by atoms with Crippen LogP contribution in [0, 0.1) is 0 Å². The Morgan fingerprint density at radius 2 is 1.94 bits per heavy atom. The van der Waals surface area contributed by atoms with Crippen molar-refractivity contribution in [3.05, 3.63) is 84.9 Å². The number of aromatic nitrogens is 3. The lowest BCUT2D eigenvalue weighted by Gasteiger charge is -2.32. The highest BCUT2D eigenvalue weighted by molar-refractivity contribution is 7.92. The van der Waals surface area contributed by atoms with Crippen molar-refractivity contribution in [1.82, 2.24) is 19.9 Å². The van der Waals surface area contributed by atoms with Crippen LogP contribution in [-0.4, -0.2) is 60.7 Å². The number of anilines is 1. The average Bonchev–Trinajstić information content (AvgIpc) is 2.88. The van der Waals surface area contributed by atoms with Crippen LogP contribution in [0.5, 0.6) is 5.88 Å². The van der Waals surface area contributed by atoms with E-state index >= 15 is 0 Å². The van der Waals surface area contributed by atoms with E-state index in [0.717, 1.165) is 25.0 Å². The van der Waals surface area contributed by atoms with Gasteiger partial charge in [-0.15, -0.1) is 0 Å². The highest BCUT2D eigenvalue weighted by Crippen LogP contribution is 2.27. The van der Waals surface area contributed by atoms with E-state index in [9.17, 15) is 8.42 Å². The van der Waals surface area contributed by atoms with Crippen LogP contribution in [0.3, 0.4) is 0 Å². The molecule has 0 aliphatic carbocycles. The number of fused-ring (bicyclic) bond motifs is 1. The highest BCUT2D eigenvalue weighted by Gasteiger charge is 2.22. The SMILES string of the molecule is O=S(=O)(Nc1ccncn1)c1ccc2c(OCC3CN(Cc4ccccc4)CCO3)nccc2c1. The van der Waals surface area contributed by atoms with Crippen LogP contribution in [0.2, 0.25) is 0 Å². The summed E-state index contributed by atoms with van der Waals surface area (Å²) in [6.07, 6.45) is 4.28. The van der Waals surface area contributed by atoms with E-state index in [0.29, 0.717) is 24.5 Å². The largest absolute Gasteiger partial charge is 0.474 e. The Labute approximate surface area is 203 Å². The maximum atomic E-state index is 12.8. The van der Waals surface area contributed by atoms with Crippen molar-refractivity contribution >= 4 is 26.6 Å². The minimum Gasteiger partial charge on any atom is -0.474 e. The van der Waals surface area contributed by atoms with Gasteiger partial charge in [-0.1, -0.05) is 30.3 Å². The number of hydrogen-bond donors (Lipinski definition) is 1. The fourth-order valence-electron chi connectivity index (χ4n) is 4.00. The molecule has 35 heavy (non-hydrogen) atoms. The number of benzene rings is 2. The first-order valence-electron chi connectivity index (χ1n) is 11.3. The molecule has 3 heterocycles. The molecule has 0 radical (unpaired) electrons. The second-order valence-corrected chi connectivity index (χ2v) is 9.91. The fourth-order valence-corrected chi connectivity index (χ4v) is 5.04. The number of rotatable bonds is 8. The van der Waals surface area contributed by atoms with Crippen LogP contribution >= 0.6 is 0 Å². The van der Waals surface area contributed by atoms with Crippen LogP contribution in [0.1, 0.15) is 5.56 Å². The topological polar surface area (TPSA) is 107 Å². The molecule has 180 valence electrons. The summed E-state index contributed by atoms with van der Waals surface area (Å²) >= 11 is 0. The minimum atomic E-state index is -3.81. The molecule has 0 amide bonds. The summed E-state index contributed by atoms with van der Waals surface area (Å²) < 4.78 is 40.0. The van der Waals surface area contributed by atoms with E-state index < -0.39 is 10.0 Å². The zero-order valence-electron chi connectivity index (χ0n) is 18.9. The molecular weight excluding hydrogens is 466 g/mol. The Balaban J connectivity index is 1.26. The molecule has 1 atom stereocenters. The summed E-state index contributed by atoms with van der Waals surface area (Å²) in [6, 6.07) is 18.4. The van der Waals surface area contributed by atoms with Gasteiger partial charge in [0, 0.05) is 37.4 Å². The van der Waals surface area contributed by atoms with Crippen molar-refractivity contribution in [1.29, 1.82) is 0 Å². The number of sulfonamides is 1. The molecule has 2 aromatic heterocycles. The van der Waals surface area contributed by atoms with Crippen molar-refractivity contribution in [3.8, 4) is 5.88 Å². The van der Waals surface area contributed by atoms with E-state index in [2.05, 4.69) is 36.7 Å². The first-order valence-corrected chi connectivity index (χ1v) is 12.7. The number of hydrogen-bond acceptors (Lipinski definition) is 8. The van der Waals surface area contributed by atoms with Crippen LogP contribution < -0.4 is 9.46 Å². The quantitative estimate of drug-likeness (QED) is 0.401. The van der Waals surface area contributed by atoms with Gasteiger partial charge in [0.15, 0.2) is 0 Å². The second kappa shape index (κ2) is 10.3. The number of pyridine rings is 1. The van der Waals surface area contributed by atoms with Crippen LogP contribution in [0.4, 0.5) is 5.82 Å². The lowest BCUT2D eigenvalue weighted by molar-refractivity contribution is -0.0507. The molecule has 9 nitrogen and oxygen atoms in total. The predicted octanol–water partition coefficient (Wildman–Crippen LogP) is 3.11. The van der Waals surface area contributed by atoms with E-state index in [1.165, 1.54) is 30.2 Å². The van der Waals surface area contributed by atoms with E-state index in [-0.39, 0.29) is 16.8 Å². The summed E-state index contributed by atoms with van der Waals surface area (Å²) in [6.45, 7) is 3.50. The van der Waals surface area contributed by atoms with Gasteiger partial charge in [-0.05, 0) is 41.3 Å². The molecule has 5 rings (SSSR count). The van der Waals surface area contributed by atoms with Crippen molar-refractivity contribution in [2.45, 2.75) is 17.5 Å².